The second kappa shape index (κ2) is 5.97. The van der Waals surface area contributed by atoms with Crippen LogP contribution in [-0.4, -0.2) is 15.5 Å². The van der Waals surface area contributed by atoms with Crippen molar-refractivity contribution < 1.29 is 4.21 Å². The van der Waals surface area contributed by atoms with Crippen molar-refractivity contribution in [1.29, 1.82) is 0 Å². The molecule has 0 spiro atoms. The van der Waals surface area contributed by atoms with Gasteiger partial charge < -0.3 is 0 Å². The zero-order valence-corrected chi connectivity index (χ0v) is 10.9. The zero-order chi connectivity index (χ0) is 12.0. The predicted octanol–water partition coefficient (Wildman–Crippen LogP) is 2.75. The summed E-state index contributed by atoms with van der Waals surface area (Å²) in [5.74, 6) is 0. The van der Waals surface area contributed by atoms with E-state index in [0.717, 1.165) is 5.56 Å². The highest BCUT2D eigenvalue weighted by molar-refractivity contribution is 7.84. The molecule has 0 heterocycles. The van der Waals surface area contributed by atoms with Crippen molar-refractivity contribution in [1.82, 2.24) is 4.72 Å². The van der Waals surface area contributed by atoms with E-state index in [-0.39, 0.29) is 4.75 Å². The average molecular weight is 237 g/mol. The maximum atomic E-state index is 11.6. The lowest BCUT2D eigenvalue weighted by atomic mass is 10.2. The van der Waals surface area contributed by atoms with Gasteiger partial charge in [-0.05, 0) is 26.3 Å². The summed E-state index contributed by atoms with van der Waals surface area (Å²) < 4.78 is 14.4. The molecule has 1 N–H and O–H groups in total. The van der Waals surface area contributed by atoms with Gasteiger partial charge in [0.2, 0.25) is 0 Å². The Hall–Kier alpha value is -0.930. The molecular weight excluding hydrogens is 218 g/mol. The van der Waals surface area contributed by atoms with E-state index in [1.54, 1.807) is 0 Å². The lowest BCUT2D eigenvalue weighted by molar-refractivity contribution is 0.639. The number of nitrogens with one attached hydrogen (secondary N) is 1. The summed E-state index contributed by atoms with van der Waals surface area (Å²) in [7, 11) is -0.996. The van der Waals surface area contributed by atoms with Crippen LogP contribution in [0, 0.1) is 0 Å². The Morgan fingerprint density at radius 1 is 1.25 bits per heavy atom. The van der Waals surface area contributed by atoms with Crippen LogP contribution in [-0.2, 0) is 11.0 Å². The van der Waals surface area contributed by atoms with E-state index < -0.39 is 11.0 Å². The van der Waals surface area contributed by atoms with Crippen molar-refractivity contribution in [2.24, 2.45) is 0 Å². The molecule has 1 aromatic rings. The zero-order valence-electron chi connectivity index (χ0n) is 10.1. The lowest BCUT2D eigenvalue weighted by Crippen LogP contribution is -2.33. The van der Waals surface area contributed by atoms with Gasteiger partial charge in [-0.1, -0.05) is 42.5 Å². The topological polar surface area (TPSA) is 29.1 Å². The van der Waals surface area contributed by atoms with Gasteiger partial charge in [0.1, 0.15) is 0 Å². The molecule has 0 aliphatic rings. The van der Waals surface area contributed by atoms with Crippen LogP contribution >= 0.6 is 0 Å². The number of hydrogen-bond acceptors (Lipinski definition) is 1. The number of rotatable bonds is 4. The second-order valence-electron chi connectivity index (χ2n) is 4.54. The Balaban J connectivity index is 2.37. The van der Waals surface area contributed by atoms with Crippen LogP contribution in [0.2, 0.25) is 0 Å². The summed E-state index contributed by atoms with van der Waals surface area (Å²) >= 11 is 0. The molecule has 3 heteroatoms. The van der Waals surface area contributed by atoms with Crippen LogP contribution in [0.1, 0.15) is 26.3 Å². The second-order valence-corrected chi connectivity index (χ2v) is 6.59. The van der Waals surface area contributed by atoms with E-state index in [1.165, 1.54) is 0 Å². The largest absolute Gasteiger partial charge is 0.242 e. The smallest absolute Gasteiger partial charge is 0.0973 e. The van der Waals surface area contributed by atoms with Crippen LogP contribution in [0.3, 0.4) is 0 Å². The summed E-state index contributed by atoms with van der Waals surface area (Å²) in [6.07, 6.45) is 4.01. The molecule has 0 aliphatic carbocycles. The van der Waals surface area contributed by atoms with Crippen LogP contribution < -0.4 is 4.72 Å². The molecule has 1 rings (SSSR count). The molecule has 0 amide bonds. The van der Waals surface area contributed by atoms with Crippen molar-refractivity contribution in [2.45, 2.75) is 25.5 Å². The Morgan fingerprint density at radius 3 is 2.44 bits per heavy atom. The third-order valence-corrected chi connectivity index (χ3v) is 3.54. The van der Waals surface area contributed by atoms with Gasteiger partial charge in [0.05, 0.1) is 15.7 Å². The Bertz CT molecular complexity index is 365. The summed E-state index contributed by atoms with van der Waals surface area (Å²) in [6.45, 7) is 6.49. The Labute approximate surface area is 100 Å². The van der Waals surface area contributed by atoms with Crippen molar-refractivity contribution >= 4 is 17.1 Å². The SMILES string of the molecule is CC(C)(C)[S@@](=O)NC/C=C/c1ccccc1. The van der Waals surface area contributed by atoms with Gasteiger partial charge in [-0.25, -0.2) is 8.93 Å². The average Bonchev–Trinajstić information content (AvgIpc) is 2.24. The van der Waals surface area contributed by atoms with Gasteiger partial charge in [-0.2, -0.15) is 0 Å². The molecule has 88 valence electrons. The minimum atomic E-state index is -0.996. The van der Waals surface area contributed by atoms with Crippen LogP contribution in [0.4, 0.5) is 0 Å². The first-order chi connectivity index (χ1) is 7.50. The minimum Gasteiger partial charge on any atom is -0.242 e. The third-order valence-electron chi connectivity index (χ3n) is 2.00. The minimum absolute atomic E-state index is 0.208. The van der Waals surface area contributed by atoms with Crippen molar-refractivity contribution in [2.75, 3.05) is 6.54 Å². The molecule has 0 saturated heterocycles. The molecule has 2 nitrogen and oxygen atoms in total. The fourth-order valence-corrected chi connectivity index (χ4v) is 1.78. The molecule has 0 unspecified atom stereocenters. The standard InChI is InChI=1S/C13H19NOS/c1-13(2,3)16(15)14-11-7-10-12-8-5-4-6-9-12/h4-10,14H,11H2,1-3H3/b10-7+/t16-/m1/s1. The lowest BCUT2D eigenvalue weighted by Gasteiger charge is -2.17. The van der Waals surface area contributed by atoms with E-state index >= 15 is 0 Å². The van der Waals surface area contributed by atoms with Crippen molar-refractivity contribution in [3.63, 3.8) is 0 Å². The monoisotopic (exact) mass is 237 g/mol. The first-order valence-corrected chi connectivity index (χ1v) is 6.52. The van der Waals surface area contributed by atoms with E-state index in [4.69, 9.17) is 0 Å². The van der Waals surface area contributed by atoms with Crippen LogP contribution in [0.5, 0.6) is 0 Å². The summed E-state index contributed by atoms with van der Waals surface area (Å²) in [4.78, 5) is 0. The highest BCUT2D eigenvalue weighted by atomic mass is 32.2. The molecule has 0 bridgehead atoms. The van der Waals surface area contributed by atoms with Crippen molar-refractivity contribution in [3.8, 4) is 0 Å². The van der Waals surface area contributed by atoms with E-state index in [0.29, 0.717) is 6.54 Å². The molecule has 1 aromatic carbocycles. The first kappa shape index (κ1) is 13.1. The van der Waals surface area contributed by atoms with Gasteiger partial charge >= 0.3 is 0 Å². The Kier molecular flexibility index (Phi) is 4.90. The molecule has 1 atom stereocenters. The highest BCUT2D eigenvalue weighted by Crippen LogP contribution is 2.08. The quantitative estimate of drug-likeness (QED) is 0.857. The van der Waals surface area contributed by atoms with Crippen LogP contribution in [0.15, 0.2) is 36.4 Å². The first-order valence-electron chi connectivity index (χ1n) is 5.37. The van der Waals surface area contributed by atoms with Crippen LogP contribution in [0.25, 0.3) is 6.08 Å². The maximum Gasteiger partial charge on any atom is 0.0973 e. The van der Waals surface area contributed by atoms with Gasteiger partial charge in [-0.3, -0.25) is 0 Å². The fraction of sp³-hybridized carbons (Fsp3) is 0.385. The van der Waals surface area contributed by atoms with E-state index in [2.05, 4.69) is 4.72 Å². The fourth-order valence-electron chi connectivity index (χ4n) is 1.10. The molecule has 0 aliphatic heterocycles. The van der Waals surface area contributed by atoms with Gasteiger partial charge in [0, 0.05) is 6.54 Å². The number of hydrogen-bond donors (Lipinski definition) is 1. The predicted molar refractivity (Wildman–Crippen MR) is 71.4 cm³/mol. The molecule has 0 saturated carbocycles. The molecule has 16 heavy (non-hydrogen) atoms. The summed E-state index contributed by atoms with van der Waals surface area (Å²) in [5.41, 5.74) is 1.16. The highest BCUT2D eigenvalue weighted by Gasteiger charge is 2.17. The normalized spacial score (nSPS) is 14.2. The molecule has 0 fully saturated rings. The maximum absolute atomic E-state index is 11.6. The van der Waals surface area contributed by atoms with Gasteiger partial charge in [0.25, 0.3) is 0 Å². The Morgan fingerprint density at radius 2 is 1.88 bits per heavy atom. The number of benzene rings is 1. The van der Waals surface area contributed by atoms with E-state index in [1.807, 2.05) is 63.3 Å². The third kappa shape index (κ3) is 4.73. The van der Waals surface area contributed by atoms with Crippen molar-refractivity contribution in [3.05, 3.63) is 42.0 Å². The summed E-state index contributed by atoms with van der Waals surface area (Å²) in [6, 6.07) is 10.1. The van der Waals surface area contributed by atoms with Gasteiger partial charge in [0.15, 0.2) is 0 Å². The summed E-state index contributed by atoms with van der Waals surface area (Å²) in [5, 5.41) is 0. The molecule has 0 aromatic heterocycles. The van der Waals surface area contributed by atoms with Gasteiger partial charge in [-0.15, -0.1) is 0 Å². The molecule has 0 radical (unpaired) electrons. The molecular formula is C13H19NOS. The van der Waals surface area contributed by atoms with E-state index in [9.17, 15) is 4.21 Å².